The summed E-state index contributed by atoms with van der Waals surface area (Å²) < 4.78 is 51.2. The Balaban J connectivity index is 1.70. The number of aromatic nitrogens is 2. The van der Waals surface area contributed by atoms with Crippen LogP contribution < -0.4 is 26.0 Å². The predicted molar refractivity (Wildman–Crippen MR) is 144 cm³/mol. The molecular weight excluding hydrogens is 531 g/mol. The SMILES string of the molecule is COc1cc(C(=O)NC2C=CN(C)CC2)ccc1Nc1ncc(C(F)(F)F)c(NCCNC(=O)OC(C)(C)C)n1. The van der Waals surface area contributed by atoms with Gasteiger partial charge >= 0.3 is 12.3 Å². The maximum Gasteiger partial charge on any atom is 0.421 e. The average Bonchev–Trinajstić information content (AvgIpc) is 2.86. The van der Waals surface area contributed by atoms with Crippen molar-refractivity contribution in [3.63, 3.8) is 0 Å². The van der Waals surface area contributed by atoms with Crippen LogP contribution in [0.2, 0.25) is 0 Å². The highest BCUT2D eigenvalue weighted by atomic mass is 19.4. The largest absolute Gasteiger partial charge is 0.495 e. The first kappa shape index (κ1) is 30.3. The quantitative estimate of drug-likeness (QED) is 0.332. The van der Waals surface area contributed by atoms with Gasteiger partial charge in [0.15, 0.2) is 0 Å². The van der Waals surface area contributed by atoms with Crippen molar-refractivity contribution >= 4 is 29.5 Å². The van der Waals surface area contributed by atoms with Gasteiger partial charge in [-0.25, -0.2) is 9.78 Å². The second-order valence-corrected chi connectivity index (χ2v) is 10.0. The van der Waals surface area contributed by atoms with Crippen molar-refractivity contribution in [2.75, 3.05) is 44.4 Å². The first-order chi connectivity index (χ1) is 18.7. The average molecular weight is 566 g/mol. The van der Waals surface area contributed by atoms with Crippen LogP contribution in [0.25, 0.3) is 0 Å². The first-order valence-electron chi connectivity index (χ1n) is 12.5. The van der Waals surface area contributed by atoms with Crippen molar-refractivity contribution in [1.82, 2.24) is 25.5 Å². The molecule has 0 bridgehead atoms. The standard InChI is InChI=1S/C26H34F3N7O4/c1-25(2,3)40-24(38)31-11-10-30-21-18(26(27,28)29)15-32-23(35-21)34-19-7-6-16(14-20(19)39-5)22(37)33-17-8-12-36(4)13-9-17/h6-8,12,14-15,17H,9-11,13H2,1-5H3,(H,31,38)(H,33,37)(H2,30,32,34,35). The van der Waals surface area contributed by atoms with Crippen molar-refractivity contribution in [2.45, 2.75) is 45.0 Å². The Kier molecular flexibility index (Phi) is 9.66. The van der Waals surface area contributed by atoms with Gasteiger partial charge in [0.25, 0.3) is 5.91 Å². The van der Waals surface area contributed by atoms with E-state index in [0.29, 0.717) is 17.4 Å². The molecule has 2 amide bonds. The summed E-state index contributed by atoms with van der Waals surface area (Å²) in [5.41, 5.74) is -1.09. The van der Waals surface area contributed by atoms with Crippen LogP contribution in [0.5, 0.6) is 5.75 Å². The van der Waals surface area contributed by atoms with Gasteiger partial charge in [-0.2, -0.15) is 18.2 Å². The summed E-state index contributed by atoms with van der Waals surface area (Å²) in [6, 6.07) is 4.53. The van der Waals surface area contributed by atoms with Crippen molar-refractivity contribution in [1.29, 1.82) is 0 Å². The van der Waals surface area contributed by atoms with E-state index in [1.54, 1.807) is 32.9 Å². The molecule has 0 saturated heterocycles. The molecule has 3 rings (SSSR count). The number of halogens is 3. The highest BCUT2D eigenvalue weighted by Gasteiger charge is 2.35. The van der Waals surface area contributed by atoms with Crippen LogP contribution in [-0.2, 0) is 10.9 Å². The summed E-state index contributed by atoms with van der Waals surface area (Å²) in [7, 11) is 3.36. The molecular formula is C26H34F3N7O4. The zero-order valence-corrected chi connectivity index (χ0v) is 23.0. The third-order valence-electron chi connectivity index (χ3n) is 5.57. The van der Waals surface area contributed by atoms with Crippen molar-refractivity contribution in [3.05, 3.63) is 47.8 Å². The van der Waals surface area contributed by atoms with Gasteiger partial charge in [0.05, 0.1) is 18.8 Å². The van der Waals surface area contributed by atoms with E-state index in [0.717, 1.165) is 13.0 Å². The normalized spacial score (nSPS) is 15.3. The lowest BCUT2D eigenvalue weighted by atomic mass is 10.1. The van der Waals surface area contributed by atoms with E-state index in [1.807, 2.05) is 24.2 Å². The molecule has 40 heavy (non-hydrogen) atoms. The lowest BCUT2D eigenvalue weighted by Crippen LogP contribution is -2.38. The van der Waals surface area contributed by atoms with Crippen molar-refractivity contribution in [2.24, 2.45) is 0 Å². The van der Waals surface area contributed by atoms with Crippen molar-refractivity contribution < 1.29 is 32.2 Å². The lowest BCUT2D eigenvalue weighted by Gasteiger charge is -2.25. The van der Waals surface area contributed by atoms with Gasteiger partial charge in [-0.05, 0) is 57.7 Å². The molecule has 14 heteroatoms. The smallest absolute Gasteiger partial charge is 0.421 e. The summed E-state index contributed by atoms with van der Waals surface area (Å²) in [5.74, 6) is -0.632. The minimum Gasteiger partial charge on any atom is -0.495 e. The molecule has 0 fully saturated rings. The van der Waals surface area contributed by atoms with Gasteiger partial charge in [-0.15, -0.1) is 0 Å². The number of ether oxygens (including phenoxy) is 2. The number of nitrogens with one attached hydrogen (secondary N) is 4. The number of anilines is 3. The first-order valence-corrected chi connectivity index (χ1v) is 12.5. The van der Waals surface area contributed by atoms with Crippen LogP contribution in [0.4, 0.5) is 35.4 Å². The molecule has 1 aromatic heterocycles. The number of nitrogens with zero attached hydrogens (tertiary/aromatic N) is 3. The zero-order chi connectivity index (χ0) is 29.5. The minimum absolute atomic E-state index is 0.0102. The number of carbonyl (C=O) groups is 2. The van der Waals surface area contributed by atoms with Crippen LogP contribution >= 0.6 is 0 Å². The van der Waals surface area contributed by atoms with Gasteiger partial charge in [-0.3, -0.25) is 4.79 Å². The Hall–Kier alpha value is -4.23. The maximum absolute atomic E-state index is 13.6. The second-order valence-electron chi connectivity index (χ2n) is 10.0. The Labute approximate surface area is 230 Å². The molecule has 1 aromatic carbocycles. The Morgan fingerprint density at radius 2 is 1.93 bits per heavy atom. The zero-order valence-electron chi connectivity index (χ0n) is 23.0. The molecule has 0 radical (unpaired) electrons. The lowest BCUT2D eigenvalue weighted by molar-refractivity contribution is -0.137. The molecule has 0 aliphatic carbocycles. The van der Waals surface area contributed by atoms with Gasteiger partial charge < -0.3 is 35.6 Å². The molecule has 1 unspecified atom stereocenters. The third-order valence-corrected chi connectivity index (χ3v) is 5.57. The molecule has 0 saturated carbocycles. The predicted octanol–water partition coefficient (Wildman–Crippen LogP) is 4.13. The molecule has 218 valence electrons. The topological polar surface area (TPSA) is 130 Å². The van der Waals surface area contributed by atoms with E-state index >= 15 is 0 Å². The number of rotatable bonds is 9. The van der Waals surface area contributed by atoms with E-state index in [1.165, 1.54) is 13.2 Å². The van der Waals surface area contributed by atoms with E-state index in [-0.39, 0.29) is 36.7 Å². The van der Waals surface area contributed by atoms with Crippen LogP contribution in [0.15, 0.2) is 36.7 Å². The molecule has 1 aliphatic heterocycles. The molecule has 1 aliphatic rings. The van der Waals surface area contributed by atoms with E-state index in [4.69, 9.17) is 9.47 Å². The van der Waals surface area contributed by atoms with Crippen LogP contribution in [0.3, 0.4) is 0 Å². The summed E-state index contributed by atoms with van der Waals surface area (Å²) in [6.07, 6.45) is -0.156. The minimum atomic E-state index is -4.71. The van der Waals surface area contributed by atoms with E-state index < -0.39 is 29.3 Å². The summed E-state index contributed by atoms with van der Waals surface area (Å²) in [4.78, 5) is 34.3. The number of hydrogen-bond donors (Lipinski definition) is 4. The number of carbonyl (C=O) groups excluding carboxylic acids is 2. The monoisotopic (exact) mass is 565 g/mol. The van der Waals surface area contributed by atoms with E-state index in [9.17, 15) is 22.8 Å². The van der Waals surface area contributed by atoms with E-state index in [2.05, 4.69) is 31.2 Å². The molecule has 11 nitrogen and oxygen atoms in total. The molecule has 2 heterocycles. The highest BCUT2D eigenvalue weighted by Crippen LogP contribution is 2.35. The number of hydrogen-bond acceptors (Lipinski definition) is 9. The number of alkyl carbamates (subject to hydrolysis) is 1. The Bertz CT molecular complexity index is 1230. The Morgan fingerprint density at radius 3 is 2.55 bits per heavy atom. The van der Waals surface area contributed by atoms with Gasteiger partial charge in [0.1, 0.15) is 22.7 Å². The fraction of sp³-hybridized carbons (Fsp3) is 0.462. The van der Waals surface area contributed by atoms with Gasteiger partial charge in [-0.1, -0.05) is 0 Å². The summed E-state index contributed by atoms with van der Waals surface area (Å²) >= 11 is 0. The number of methoxy groups -OCH3 is 1. The molecule has 0 spiro atoms. The van der Waals surface area contributed by atoms with Crippen LogP contribution in [0, 0.1) is 0 Å². The molecule has 1 atom stereocenters. The van der Waals surface area contributed by atoms with Gasteiger partial charge in [0.2, 0.25) is 5.95 Å². The van der Waals surface area contributed by atoms with Gasteiger partial charge in [0, 0.05) is 38.4 Å². The molecule has 2 aromatic rings. The van der Waals surface area contributed by atoms with Crippen molar-refractivity contribution in [3.8, 4) is 5.75 Å². The summed E-state index contributed by atoms with van der Waals surface area (Å²) in [6.45, 7) is 5.84. The second kappa shape index (κ2) is 12.7. The number of benzene rings is 1. The maximum atomic E-state index is 13.6. The van der Waals surface area contributed by atoms with Crippen LogP contribution in [-0.4, -0.2) is 72.3 Å². The number of alkyl halides is 3. The fourth-order valence-corrected chi connectivity index (χ4v) is 3.64. The Morgan fingerprint density at radius 1 is 1.18 bits per heavy atom. The number of amides is 2. The molecule has 4 N–H and O–H groups in total. The summed E-state index contributed by atoms with van der Waals surface area (Å²) in [5, 5.41) is 10.8. The fourth-order valence-electron chi connectivity index (χ4n) is 3.64. The highest BCUT2D eigenvalue weighted by molar-refractivity contribution is 5.95. The van der Waals surface area contributed by atoms with Crippen LogP contribution in [0.1, 0.15) is 43.1 Å². The third kappa shape index (κ3) is 8.92.